The van der Waals surface area contributed by atoms with Crippen LogP contribution in [0.3, 0.4) is 0 Å². The van der Waals surface area contributed by atoms with Crippen molar-refractivity contribution in [2.45, 2.75) is 57.9 Å². The fourth-order valence-corrected chi connectivity index (χ4v) is 1.69. The van der Waals surface area contributed by atoms with Crippen LogP contribution in [0.4, 0.5) is 0 Å². The molecule has 0 heterocycles. The summed E-state index contributed by atoms with van der Waals surface area (Å²) in [5.41, 5.74) is -0.203. The van der Waals surface area contributed by atoms with E-state index in [4.69, 9.17) is 0 Å². The second kappa shape index (κ2) is 7.11. The van der Waals surface area contributed by atoms with Gasteiger partial charge in [-0.2, -0.15) is 0 Å². The van der Waals surface area contributed by atoms with Gasteiger partial charge in [0, 0.05) is 27.8 Å². The van der Waals surface area contributed by atoms with E-state index < -0.39 is 10.8 Å². The van der Waals surface area contributed by atoms with Gasteiger partial charge >= 0.3 is 0 Å². The van der Waals surface area contributed by atoms with Crippen LogP contribution < -0.4 is 10.6 Å². The highest BCUT2D eigenvalue weighted by Gasteiger charge is 2.18. The molecule has 1 amide bonds. The highest BCUT2D eigenvalue weighted by molar-refractivity contribution is 7.84. The normalized spacial score (nSPS) is 17.3. The lowest BCUT2D eigenvalue weighted by Crippen LogP contribution is -2.49. The second-order valence-corrected chi connectivity index (χ2v) is 7.31. The summed E-state index contributed by atoms with van der Waals surface area (Å²) in [7, 11) is -0.792. The number of carbonyl (C=O) groups excluding carboxylic acids is 1. The van der Waals surface area contributed by atoms with Crippen LogP contribution in [0.2, 0.25) is 0 Å². The number of carbonyl (C=O) groups is 1. The van der Waals surface area contributed by atoms with Crippen LogP contribution in [-0.4, -0.2) is 39.7 Å². The molecule has 0 rings (SSSR count). The van der Waals surface area contributed by atoms with Crippen molar-refractivity contribution in [2.75, 3.05) is 12.8 Å². The minimum absolute atomic E-state index is 0.00257. The van der Waals surface area contributed by atoms with E-state index in [1.165, 1.54) is 0 Å². The molecule has 3 unspecified atom stereocenters. The van der Waals surface area contributed by atoms with Crippen LogP contribution in [0.1, 0.15) is 41.0 Å². The first-order valence-electron chi connectivity index (χ1n) is 6.01. The van der Waals surface area contributed by atoms with Gasteiger partial charge in [0.05, 0.1) is 6.04 Å². The summed E-state index contributed by atoms with van der Waals surface area (Å²) in [6.45, 7) is 10.4. The SMILES string of the molecule is CC(NCCC(C)S(C)=O)C(=O)NC(C)(C)C. The minimum atomic E-state index is -0.792. The van der Waals surface area contributed by atoms with Crippen molar-refractivity contribution < 1.29 is 9.00 Å². The molecule has 0 saturated heterocycles. The van der Waals surface area contributed by atoms with Crippen molar-refractivity contribution in [3.05, 3.63) is 0 Å². The standard InChI is InChI=1S/C12H26N2O2S/c1-9(17(6)16)7-8-13-10(2)11(15)14-12(3,4)5/h9-10,13H,7-8H2,1-6H3,(H,14,15). The van der Waals surface area contributed by atoms with Crippen molar-refractivity contribution in [1.82, 2.24) is 10.6 Å². The average Bonchev–Trinajstić information content (AvgIpc) is 2.14. The predicted octanol–water partition coefficient (Wildman–Crippen LogP) is 1.04. The smallest absolute Gasteiger partial charge is 0.237 e. The topological polar surface area (TPSA) is 58.2 Å². The Labute approximate surface area is 107 Å². The van der Waals surface area contributed by atoms with Crippen LogP contribution in [0.25, 0.3) is 0 Å². The lowest BCUT2D eigenvalue weighted by Gasteiger charge is -2.24. The fraction of sp³-hybridized carbons (Fsp3) is 0.917. The van der Waals surface area contributed by atoms with Gasteiger partial charge in [-0.25, -0.2) is 0 Å². The van der Waals surface area contributed by atoms with E-state index in [2.05, 4.69) is 10.6 Å². The van der Waals surface area contributed by atoms with Gasteiger partial charge in [0.1, 0.15) is 0 Å². The van der Waals surface area contributed by atoms with Gasteiger partial charge in [-0.3, -0.25) is 9.00 Å². The summed E-state index contributed by atoms with van der Waals surface area (Å²) >= 11 is 0. The number of nitrogens with one attached hydrogen (secondary N) is 2. The molecular weight excluding hydrogens is 236 g/mol. The quantitative estimate of drug-likeness (QED) is 0.752. The Kier molecular flexibility index (Phi) is 6.94. The van der Waals surface area contributed by atoms with Crippen LogP contribution in [0, 0.1) is 0 Å². The van der Waals surface area contributed by atoms with Gasteiger partial charge in [-0.15, -0.1) is 0 Å². The molecule has 0 aliphatic heterocycles. The number of hydrogen-bond donors (Lipinski definition) is 2. The molecule has 17 heavy (non-hydrogen) atoms. The molecule has 0 saturated carbocycles. The molecule has 0 spiro atoms. The maximum Gasteiger partial charge on any atom is 0.237 e. The minimum Gasteiger partial charge on any atom is -0.350 e. The van der Waals surface area contributed by atoms with Crippen molar-refractivity contribution in [1.29, 1.82) is 0 Å². The zero-order chi connectivity index (χ0) is 13.6. The van der Waals surface area contributed by atoms with Crippen molar-refractivity contribution in [3.63, 3.8) is 0 Å². The zero-order valence-corrected chi connectivity index (χ0v) is 12.6. The number of amides is 1. The van der Waals surface area contributed by atoms with Crippen LogP contribution in [-0.2, 0) is 15.6 Å². The predicted molar refractivity (Wildman–Crippen MR) is 73.5 cm³/mol. The third-order valence-electron chi connectivity index (χ3n) is 2.46. The summed E-state index contributed by atoms with van der Waals surface area (Å²) in [4.78, 5) is 11.7. The first-order valence-corrected chi connectivity index (χ1v) is 7.63. The van der Waals surface area contributed by atoms with E-state index in [1.54, 1.807) is 6.26 Å². The monoisotopic (exact) mass is 262 g/mol. The highest BCUT2D eigenvalue weighted by atomic mass is 32.2. The van der Waals surface area contributed by atoms with Crippen LogP contribution >= 0.6 is 0 Å². The third kappa shape index (κ3) is 8.32. The lowest BCUT2D eigenvalue weighted by atomic mass is 10.1. The lowest BCUT2D eigenvalue weighted by molar-refractivity contribution is -0.124. The third-order valence-corrected chi connectivity index (χ3v) is 3.83. The molecule has 0 aromatic rings. The molecule has 0 aromatic heterocycles. The maximum atomic E-state index is 11.7. The summed E-state index contributed by atoms with van der Waals surface area (Å²) in [5, 5.41) is 6.23. The van der Waals surface area contributed by atoms with Gasteiger partial charge in [-0.05, 0) is 40.7 Å². The molecule has 0 aliphatic rings. The van der Waals surface area contributed by atoms with Crippen LogP contribution in [0.5, 0.6) is 0 Å². The zero-order valence-electron chi connectivity index (χ0n) is 11.8. The Balaban J connectivity index is 3.90. The van der Waals surface area contributed by atoms with Gasteiger partial charge in [0.2, 0.25) is 5.91 Å². The Hall–Kier alpha value is -0.420. The molecule has 5 heteroatoms. The summed E-state index contributed by atoms with van der Waals surface area (Å²) in [6, 6.07) is -0.216. The molecule has 3 atom stereocenters. The van der Waals surface area contributed by atoms with Gasteiger partial charge in [-0.1, -0.05) is 6.92 Å². The second-order valence-electron chi connectivity index (χ2n) is 5.51. The fourth-order valence-electron chi connectivity index (χ4n) is 1.24. The molecule has 0 aromatic carbocycles. The van der Waals surface area contributed by atoms with E-state index >= 15 is 0 Å². The summed E-state index contributed by atoms with van der Waals surface area (Å²) in [6.07, 6.45) is 2.52. The highest BCUT2D eigenvalue weighted by Crippen LogP contribution is 2.00. The molecule has 0 fully saturated rings. The summed E-state index contributed by atoms with van der Waals surface area (Å²) in [5.74, 6) is 0.00257. The Morgan fingerprint density at radius 2 is 1.82 bits per heavy atom. The number of hydrogen-bond acceptors (Lipinski definition) is 3. The molecule has 4 nitrogen and oxygen atoms in total. The van der Waals surface area contributed by atoms with E-state index in [-0.39, 0.29) is 22.7 Å². The first-order chi connectivity index (χ1) is 7.63. The largest absolute Gasteiger partial charge is 0.350 e. The van der Waals surface area contributed by atoms with E-state index in [9.17, 15) is 9.00 Å². The van der Waals surface area contributed by atoms with Crippen LogP contribution in [0.15, 0.2) is 0 Å². The Morgan fingerprint density at radius 3 is 2.24 bits per heavy atom. The molecule has 102 valence electrons. The molecule has 0 radical (unpaired) electrons. The Morgan fingerprint density at radius 1 is 1.29 bits per heavy atom. The van der Waals surface area contributed by atoms with E-state index in [0.29, 0.717) is 6.54 Å². The Bertz CT molecular complexity index is 274. The molecular formula is C12H26N2O2S. The van der Waals surface area contributed by atoms with E-state index in [0.717, 1.165) is 6.42 Å². The van der Waals surface area contributed by atoms with Gasteiger partial charge in [0.25, 0.3) is 0 Å². The molecule has 0 aliphatic carbocycles. The van der Waals surface area contributed by atoms with Gasteiger partial charge in [0.15, 0.2) is 0 Å². The van der Waals surface area contributed by atoms with Crippen molar-refractivity contribution in [2.24, 2.45) is 0 Å². The average molecular weight is 262 g/mol. The molecule has 0 bridgehead atoms. The first kappa shape index (κ1) is 16.6. The number of rotatable bonds is 6. The van der Waals surface area contributed by atoms with Gasteiger partial charge < -0.3 is 10.6 Å². The van der Waals surface area contributed by atoms with E-state index in [1.807, 2.05) is 34.6 Å². The van der Waals surface area contributed by atoms with Crippen molar-refractivity contribution in [3.8, 4) is 0 Å². The van der Waals surface area contributed by atoms with Crippen molar-refractivity contribution >= 4 is 16.7 Å². The molecule has 2 N–H and O–H groups in total. The summed E-state index contributed by atoms with van der Waals surface area (Å²) < 4.78 is 11.1. The maximum absolute atomic E-state index is 11.7.